The molecule has 0 spiro atoms. The molecule has 0 radical (unpaired) electrons. The van der Waals surface area contributed by atoms with Crippen LogP contribution < -0.4 is 0 Å². The van der Waals surface area contributed by atoms with E-state index in [-0.39, 0.29) is 0 Å². The van der Waals surface area contributed by atoms with Gasteiger partial charge >= 0.3 is 0 Å². The Kier molecular flexibility index (Phi) is 15.9. The summed E-state index contributed by atoms with van der Waals surface area (Å²) in [4.78, 5) is 0. The first-order valence-electron chi connectivity index (χ1n) is 6.38. The summed E-state index contributed by atoms with van der Waals surface area (Å²) in [6, 6.07) is 0. The maximum Gasteiger partial charge on any atom is 0.0226 e. The predicted molar refractivity (Wildman–Crippen MR) is 114 cm³/mol. The molecule has 7 heteroatoms. The lowest BCUT2D eigenvalue weighted by atomic mass is 10.5. The molecule has 4 unspecified atom stereocenters. The Morgan fingerprint density at radius 1 is 0.737 bits per heavy atom. The normalized spacial score (nSPS) is 18.0. The van der Waals surface area contributed by atoms with E-state index >= 15 is 0 Å². The van der Waals surface area contributed by atoms with Crippen LogP contribution in [0.25, 0.3) is 0 Å². The molecule has 0 fully saturated rings. The van der Waals surface area contributed by atoms with Gasteiger partial charge in [-0.05, 0) is 0 Å². The predicted octanol–water partition coefficient (Wildman–Crippen LogP) is 4.42. The fourth-order valence-electron chi connectivity index (χ4n) is 1.19. The van der Waals surface area contributed by atoms with E-state index in [1.54, 1.807) is 0 Å². The van der Waals surface area contributed by atoms with Gasteiger partial charge in [0.15, 0.2) is 0 Å². The maximum atomic E-state index is 4.44. The molecule has 0 heterocycles. The average Bonchev–Trinajstić information content (AvgIpc) is 2.36. The Morgan fingerprint density at radius 2 is 1.11 bits per heavy atom. The van der Waals surface area contributed by atoms with Gasteiger partial charge in [0.2, 0.25) is 0 Å². The van der Waals surface area contributed by atoms with E-state index in [9.17, 15) is 0 Å². The summed E-state index contributed by atoms with van der Waals surface area (Å²) in [6.45, 7) is 4.29. The minimum atomic E-state index is 0.468. The quantitative estimate of drug-likeness (QED) is 0.362. The number of thioether (sulfide) groups is 3. The zero-order chi connectivity index (χ0) is 14.7. The van der Waals surface area contributed by atoms with Gasteiger partial charge in [-0.2, -0.15) is 85.8 Å². The van der Waals surface area contributed by atoms with Crippen molar-refractivity contribution in [3.8, 4) is 0 Å². The molecule has 4 atom stereocenters. The van der Waals surface area contributed by atoms with Crippen LogP contribution in [0.4, 0.5) is 0 Å². The third-order valence-corrected chi connectivity index (χ3v) is 9.09. The van der Waals surface area contributed by atoms with Crippen molar-refractivity contribution >= 4 is 85.8 Å². The van der Waals surface area contributed by atoms with Gasteiger partial charge in [0.1, 0.15) is 0 Å². The smallest absolute Gasteiger partial charge is 0.0226 e. The maximum absolute atomic E-state index is 4.44. The minimum absolute atomic E-state index is 0.468. The van der Waals surface area contributed by atoms with Gasteiger partial charge in [-0.25, -0.2) is 0 Å². The Labute approximate surface area is 154 Å². The molecule has 0 saturated heterocycles. The van der Waals surface area contributed by atoms with Crippen molar-refractivity contribution in [3.63, 3.8) is 0 Å². The van der Waals surface area contributed by atoms with Crippen molar-refractivity contribution < 1.29 is 0 Å². The first kappa shape index (κ1) is 21.4. The fourth-order valence-corrected chi connectivity index (χ4v) is 6.50. The Balaban J connectivity index is 3.76. The highest BCUT2D eigenvalue weighted by atomic mass is 32.2. The molecule has 0 nitrogen and oxygen atoms in total. The number of rotatable bonds is 12. The first-order chi connectivity index (χ1) is 8.99. The highest BCUT2D eigenvalue weighted by Gasteiger charge is 2.12. The lowest BCUT2D eigenvalue weighted by molar-refractivity contribution is 1.09. The molecule has 0 N–H and O–H groups in total. The van der Waals surface area contributed by atoms with Gasteiger partial charge in [-0.3, -0.25) is 0 Å². The number of hydrogen-bond donors (Lipinski definition) is 4. The van der Waals surface area contributed by atoms with Crippen molar-refractivity contribution in [3.05, 3.63) is 0 Å². The summed E-state index contributed by atoms with van der Waals surface area (Å²) in [5, 5.41) is 2.21. The molecule has 0 aliphatic rings. The van der Waals surface area contributed by atoms with E-state index in [1.807, 2.05) is 35.3 Å². The molecule has 0 aliphatic heterocycles. The second-order valence-electron chi connectivity index (χ2n) is 4.51. The van der Waals surface area contributed by atoms with Gasteiger partial charge in [0, 0.05) is 55.5 Å². The van der Waals surface area contributed by atoms with Gasteiger partial charge in [0.05, 0.1) is 0 Å². The summed E-state index contributed by atoms with van der Waals surface area (Å²) in [7, 11) is 0. The number of thiol groups is 4. The molecule has 0 bridgehead atoms. The van der Waals surface area contributed by atoms with Crippen molar-refractivity contribution in [2.45, 2.75) is 34.8 Å². The monoisotopic (exact) mass is 394 g/mol. The zero-order valence-electron chi connectivity index (χ0n) is 11.6. The third kappa shape index (κ3) is 13.8. The molecular formula is C12H26S7. The molecule has 0 aromatic carbocycles. The number of hydrogen-bond acceptors (Lipinski definition) is 7. The Hall–Kier alpha value is 2.45. The van der Waals surface area contributed by atoms with E-state index < -0.39 is 0 Å². The van der Waals surface area contributed by atoms with Crippen LogP contribution >= 0.6 is 85.8 Å². The lowest BCUT2D eigenvalue weighted by Gasteiger charge is -2.18. The highest BCUT2D eigenvalue weighted by molar-refractivity contribution is 8.05. The van der Waals surface area contributed by atoms with Crippen LogP contribution in [0.5, 0.6) is 0 Å². The summed E-state index contributed by atoms with van der Waals surface area (Å²) < 4.78 is 0. The summed E-state index contributed by atoms with van der Waals surface area (Å²) >= 11 is 23.8. The molecule has 0 aromatic heterocycles. The van der Waals surface area contributed by atoms with Gasteiger partial charge in [-0.1, -0.05) is 13.8 Å². The van der Waals surface area contributed by atoms with E-state index in [2.05, 4.69) is 64.4 Å². The summed E-state index contributed by atoms with van der Waals surface area (Å²) in [6.07, 6.45) is 0. The Morgan fingerprint density at radius 3 is 1.37 bits per heavy atom. The van der Waals surface area contributed by atoms with Crippen LogP contribution in [0.3, 0.4) is 0 Å². The van der Waals surface area contributed by atoms with Crippen LogP contribution in [-0.4, -0.2) is 55.5 Å². The first-order valence-corrected chi connectivity index (χ1v) is 11.9. The van der Waals surface area contributed by atoms with Crippen LogP contribution in [0.15, 0.2) is 0 Å². The van der Waals surface area contributed by atoms with Crippen LogP contribution in [0, 0.1) is 0 Å². The molecule has 0 rings (SSSR count). The second-order valence-corrected chi connectivity index (χ2v) is 10.7. The third-order valence-electron chi connectivity index (χ3n) is 2.16. The van der Waals surface area contributed by atoms with E-state index in [4.69, 9.17) is 0 Å². The van der Waals surface area contributed by atoms with E-state index in [1.165, 1.54) is 11.5 Å². The molecule has 116 valence electrons. The van der Waals surface area contributed by atoms with Crippen LogP contribution in [0.2, 0.25) is 0 Å². The van der Waals surface area contributed by atoms with Crippen molar-refractivity contribution in [1.29, 1.82) is 0 Å². The average molecular weight is 395 g/mol. The van der Waals surface area contributed by atoms with Crippen molar-refractivity contribution in [1.82, 2.24) is 0 Å². The second kappa shape index (κ2) is 14.1. The molecular weight excluding hydrogens is 369 g/mol. The molecule has 0 amide bonds. The topological polar surface area (TPSA) is 0 Å². The van der Waals surface area contributed by atoms with Gasteiger partial charge < -0.3 is 0 Å². The van der Waals surface area contributed by atoms with Crippen LogP contribution in [0.1, 0.15) is 13.8 Å². The van der Waals surface area contributed by atoms with Crippen molar-refractivity contribution in [2.24, 2.45) is 0 Å². The molecule has 0 aliphatic carbocycles. The lowest BCUT2D eigenvalue weighted by Crippen LogP contribution is -2.16. The largest absolute Gasteiger partial charge is 0.178 e. The SMILES string of the molecule is CC(S)CSC(CS)CSCC(CS)SCC(C)S. The van der Waals surface area contributed by atoms with Crippen LogP contribution in [-0.2, 0) is 0 Å². The summed E-state index contributed by atoms with van der Waals surface area (Å²) in [5.41, 5.74) is 0. The zero-order valence-corrected chi connectivity index (χ0v) is 17.6. The molecule has 0 aromatic rings. The standard InChI is InChI=1S/C12H26S7/c1-9(15)5-18-11(3-13)7-17-8-12(4-14)19-6-10(2)16/h9-16H,3-8H2,1-2H3. The Bertz CT molecular complexity index is 179. The van der Waals surface area contributed by atoms with Gasteiger partial charge in [-0.15, -0.1) is 0 Å². The molecule has 19 heavy (non-hydrogen) atoms. The van der Waals surface area contributed by atoms with Gasteiger partial charge in [0.25, 0.3) is 0 Å². The minimum Gasteiger partial charge on any atom is -0.178 e. The van der Waals surface area contributed by atoms with Crippen molar-refractivity contribution in [2.75, 3.05) is 34.5 Å². The molecule has 0 saturated carbocycles. The highest BCUT2D eigenvalue weighted by Crippen LogP contribution is 2.24. The van der Waals surface area contributed by atoms with E-state index in [0.717, 1.165) is 23.0 Å². The van der Waals surface area contributed by atoms with E-state index in [0.29, 0.717) is 21.0 Å². The fraction of sp³-hybridized carbons (Fsp3) is 1.00. The summed E-state index contributed by atoms with van der Waals surface area (Å²) in [5.74, 6) is 6.47.